The minimum atomic E-state index is -0.407. The second kappa shape index (κ2) is 10.5. The number of carbonyl (C=O) groups excluding carboxylic acids is 1. The summed E-state index contributed by atoms with van der Waals surface area (Å²) < 4.78 is 11.1. The Balaban J connectivity index is 1.43. The van der Waals surface area contributed by atoms with Crippen LogP contribution in [0.5, 0.6) is 11.5 Å². The molecule has 5 nitrogen and oxygen atoms in total. The van der Waals surface area contributed by atoms with Crippen LogP contribution in [-0.2, 0) is 11.4 Å². The molecular weight excluding hydrogens is 411 g/mol. The minimum Gasteiger partial charge on any atom is -0.489 e. The van der Waals surface area contributed by atoms with E-state index in [9.17, 15) is 4.79 Å². The molecule has 0 aromatic heterocycles. The molecule has 0 aliphatic heterocycles. The average Bonchev–Trinajstić information content (AvgIpc) is 2.73. The number of ether oxygens (including phenoxy) is 2. The molecule has 1 N–H and O–H groups in total. The van der Waals surface area contributed by atoms with Crippen molar-refractivity contribution in [3.8, 4) is 11.5 Å². The van der Waals surface area contributed by atoms with Crippen LogP contribution in [0.25, 0.3) is 0 Å². The number of hydrogen-bond acceptors (Lipinski definition) is 4. The molecule has 1 amide bonds. The quantitative estimate of drug-likeness (QED) is 0.400. The van der Waals surface area contributed by atoms with E-state index in [-0.39, 0.29) is 6.61 Å². The van der Waals surface area contributed by atoms with Crippen LogP contribution in [0.3, 0.4) is 0 Å². The van der Waals surface area contributed by atoms with Gasteiger partial charge < -0.3 is 9.47 Å². The topological polar surface area (TPSA) is 59.9 Å². The zero-order valence-electron chi connectivity index (χ0n) is 15.3. The number of carbonyl (C=O) groups is 1. The smallest absolute Gasteiger partial charge is 0.277 e. The van der Waals surface area contributed by atoms with Gasteiger partial charge >= 0.3 is 0 Å². The van der Waals surface area contributed by atoms with Gasteiger partial charge in [0.05, 0.1) is 11.2 Å². The molecule has 7 heteroatoms. The zero-order valence-corrected chi connectivity index (χ0v) is 16.9. The van der Waals surface area contributed by atoms with Gasteiger partial charge in [-0.15, -0.1) is 0 Å². The molecule has 0 saturated carbocycles. The van der Waals surface area contributed by atoms with Crippen LogP contribution in [0.2, 0.25) is 10.0 Å². The predicted molar refractivity (Wildman–Crippen MR) is 115 cm³/mol. The highest BCUT2D eigenvalue weighted by Gasteiger charge is 2.05. The van der Waals surface area contributed by atoms with Crippen molar-refractivity contribution in [3.05, 3.63) is 94.0 Å². The van der Waals surface area contributed by atoms with E-state index in [2.05, 4.69) is 10.5 Å². The first-order chi connectivity index (χ1) is 14.1. The summed E-state index contributed by atoms with van der Waals surface area (Å²) in [6, 6.07) is 22.1. The summed E-state index contributed by atoms with van der Waals surface area (Å²) in [6.07, 6.45) is 1.54. The Bertz CT molecular complexity index is 977. The number of hydrazone groups is 1. The minimum absolute atomic E-state index is 0.217. The van der Waals surface area contributed by atoms with E-state index in [0.29, 0.717) is 22.4 Å². The lowest BCUT2D eigenvalue weighted by atomic mass is 10.2. The Labute approximate surface area is 178 Å². The largest absolute Gasteiger partial charge is 0.489 e. The molecule has 3 aromatic rings. The van der Waals surface area contributed by atoms with Gasteiger partial charge in [-0.2, -0.15) is 5.10 Å². The number of halogens is 2. The molecule has 0 spiro atoms. The lowest BCUT2D eigenvalue weighted by Crippen LogP contribution is -2.24. The van der Waals surface area contributed by atoms with Gasteiger partial charge in [0.15, 0.2) is 6.61 Å². The maximum atomic E-state index is 11.8. The molecule has 0 atom stereocenters. The highest BCUT2D eigenvalue weighted by atomic mass is 35.5. The summed E-state index contributed by atoms with van der Waals surface area (Å²) in [4.78, 5) is 11.8. The van der Waals surface area contributed by atoms with E-state index in [1.54, 1.807) is 18.2 Å². The fourth-order valence-electron chi connectivity index (χ4n) is 2.34. The van der Waals surface area contributed by atoms with Crippen molar-refractivity contribution >= 4 is 35.3 Å². The van der Waals surface area contributed by atoms with Crippen LogP contribution in [0.15, 0.2) is 77.9 Å². The van der Waals surface area contributed by atoms with E-state index in [1.165, 1.54) is 6.21 Å². The van der Waals surface area contributed by atoms with Crippen LogP contribution >= 0.6 is 23.2 Å². The van der Waals surface area contributed by atoms with Gasteiger partial charge in [0.1, 0.15) is 18.1 Å². The van der Waals surface area contributed by atoms with Crippen LogP contribution in [0.4, 0.5) is 0 Å². The molecule has 3 rings (SSSR count). The zero-order chi connectivity index (χ0) is 20.5. The van der Waals surface area contributed by atoms with Crippen molar-refractivity contribution in [2.24, 2.45) is 5.10 Å². The van der Waals surface area contributed by atoms with E-state index in [4.69, 9.17) is 32.7 Å². The maximum Gasteiger partial charge on any atom is 0.277 e. The number of amides is 1. The lowest BCUT2D eigenvalue weighted by Gasteiger charge is -2.07. The monoisotopic (exact) mass is 428 g/mol. The van der Waals surface area contributed by atoms with Gasteiger partial charge in [0, 0.05) is 5.02 Å². The molecule has 0 saturated heterocycles. The number of rotatable bonds is 8. The Morgan fingerprint density at radius 2 is 1.72 bits per heavy atom. The van der Waals surface area contributed by atoms with Crippen molar-refractivity contribution in [3.63, 3.8) is 0 Å². The Kier molecular flexibility index (Phi) is 7.50. The fraction of sp³-hybridized carbons (Fsp3) is 0.0909. The highest BCUT2D eigenvalue weighted by molar-refractivity contribution is 6.35. The van der Waals surface area contributed by atoms with E-state index >= 15 is 0 Å². The maximum absolute atomic E-state index is 11.8. The van der Waals surface area contributed by atoms with Crippen molar-refractivity contribution in [2.75, 3.05) is 6.61 Å². The van der Waals surface area contributed by atoms with Crippen molar-refractivity contribution in [2.45, 2.75) is 6.61 Å². The van der Waals surface area contributed by atoms with Crippen molar-refractivity contribution in [1.82, 2.24) is 5.43 Å². The summed E-state index contributed by atoms with van der Waals surface area (Å²) in [7, 11) is 0. The summed E-state index contributed by atoms with van der Waals surface area (Å²) in [5.74, 6) is 0.722. The molecule has 29 heavy (non-hydrogen) atoms. The number of benzene rings is 3. The molecule has 0 heterocycles. The second-order valence-corrected chi connectivity index (χ2v) is 6.84. The van der Waals surface area contributed by atoms with Gasteiger partial charge in [0.25, 0.3) is 5.91 Å². The normalized spacial score (nSPS) is 10.7. The fourth-order valence-corrected chi connectivity index (χ4v) is 2.80. The average molecular weight is 429 g/mol. The third kappa shape index (κ3) is 6.82. The summed E-state index contributed by atoms with van der Waals surface area (Å²) in [6.45, 7) is 0.285. The Hall–Kier alpha value is -3.02. The van der Waals surface area contributed by atoms with Gasteiger partial charge in [0.2, 0.25) is 0 Å². The molecule has 148 valence electrons. The van der Waals surface area contributed by atoms with Crippen molar-refractivity contribution in [1.29, 1.82) is 0 Å². The van der Waals surface area contributed by atoms with Crippen LogP contribution < -0.4 is 14.9 Å². The lowest BCUT2D eigenvalue weighted by molar-refractivity contribution is -0.123. The van der Waals surface area contributed by atoms with Crippen LogP contribution in [0, 0.1) is 0 Å². The van der Waals surface area contributed by atoms with Gasteiger partial charge in [-0.25, -0.2) is 5.43 Å². The third-order valence-electron chi connectivity index (χ3n) is 3.78. The number of hydrogen-bond donors (Lipinski definition) is 1. The van der Waals surface area contributed by atoms with E-state index in [1.807, 2.05) is 54.6 Å². The molecule has 3 aromatic carbocycles. The van der Waals surface area contributed by atoms with Crippen LogP contribution in [-0.4, -0.2) is 18.7 Å². The van der Waals surface area contributed by atoms with E-state index in [0.717, 1.165) is 16.9 Å². The molecule has 0 fully saturated rings. The first kappa shape index (κ1) is 20.7. The standard InChI is InChI=1S/C22H18Cl2N2O3/c23-18-8-11-21(20(24)12-18)29-15-22(27)26-25-13-16-6-9-19(10-7-16)28-14-17-4-2-1-3-5-17/h1-13H,14-15H2,(H,26,27)/b25-13-. The SMILES string of the molecule is O=C(COc1ccc(Cl)cc1Cl)N/N=C\c1ccc(OCc2ccccc2)cc1. The first-order valence-corrected chi connectivity index (χ1v) is 9.52. The van der Waals surface area contributed by atoms with E-state index < -0.39 is 5.91 Å². The Morgan fingerprint density at radius 1 is 0.966 bits per heavy atom. The van der Waals surface area contributed by atoms with Gasteiger partial charge in [-0.3, -0.25) is 4.79 Å². The predicted octanol–water partition coefficient (Wildman–Crippen LogP) is 5.10. The third-order valence-corrected chi connectivity index (χ3v) is 4.31. The van der Waals surface area contributed by atoms with Gasteiger partial charge in [-0.1, -0.05) is 53.5 Å². The second-order valence-electron chi connectivity index (χ2n) is 6.00. The molecule has 0 radical (unpaired) electrons. The summed E-state index contributed by atoms with van der Waals surface area (Å²) in [5, 5.41) is 4.74. The van der Waals surface area contributed by atoms with Crippen LogP contribution in [0.1, 0.15) is 11.1 Å². The van der Waals surface area contributed by atoms with Gasteiger partial charge in [-0.05, 0) is 53.6 Å². The molecule has 0 aliphatic carbocycles. The molecule has 0 bridgehead atoms. The highest BCUT2D eigenvalue weighted by Crippen LogP contribution is 2.27. The number of nitrogens with one attached hydrogen (secondary N) is 1. The molecule has 0 unspecified atom stereocenters. The molecule has 0 aliphatic rings. The summed E-state index contributed by atoms with van der Waals surface area (Å²) in [5.41, 5.74) is 4.32. The Morgan fingerprint density at radius 3 is 2.45 bits per heavy atom. The first-order valence-electron chi connectivity index (χ1n) is 8.77. The van der Waals surface area contributed by atoms with Crippen molar-refractivity contribution < 1.29 is 14.3 Å². The summed E-state index contributed by atoms with van der Waals surface area (Å²) >= 11 is 11.8. The number of nitrogens with zero attached hydrogens (tertiary/aromatic N) is 1. The molecular formula is C22H18Cl2N2O3.